The summed E-state index contributed by atoms with van der Waals surface area (Å²) in [5.41, 5.74) is 0.748. The highest BCUT2D eigenvalue weighted by Crippen LogP contribution is 2.14. The Bertz CT molecular complexity index is 474. The molecule has 102 valence electrons. The van der Waals surface area contributed by atoms with Gasteiger partial charge in [0.2, 0.25) is 10.0 Å². The molecule has 1 atom stereocenters. The third kappa shape index (κ3) is 4.06. The molecule has 0 bridgehead atoms. The van der Waals surface area contributed by atoms with Gasteiger partial charge in [-0.05, 0) is 25.6 Å². The van der Waals surface area contributed by atoms with Crippen LogP contribution < -0.4 is 10.0 Å². The predicted octanol–water partition coefficient (Wildman–Crippen LogP) is 0.719. The summed E-state index contributed by atoms with van der Waals surface area (Å²) in [6.07, 6.45) is -0.156. The van der Waals surface area contributed by atoms with Gasteiger partial charge in [0.15, 0.2) is 0 Å². The van der Waals surface area contributed by atoms with E-state index < -0.39 is 10.0 Å². The van der Waals surface area contributed by atoms with Gasteiger partial charge in [0.1, 0.15) is 0 Å². The van der Waals surface area contributed by atoms with E-state index in [0.29, 0.717) is 11.4 Å². The molecule has 6 heteroatoms. The summed E-state index contributed by atoms with van der Waals surface area (Å²) < 4.78 is 31.9. The zero-order valence-corrected chi connectivity index (χ0v) is 11.8. The molecule has 1 aromatic rings. The number of hydrogen-bond acceptors (Lipinski definition) is 4. The summed E-state index contributed by atoms with van der Waals surface area (Å²) in [6.45, 7) is 2.58. The molecule has 0 aliphatic heterocycles. The monoisotopic (exact) mass is 272 g/mol. The van der Waals surface area contributed by atoms with Crippen molar-refractivity contribution in [2.24, 2.45) is 0 Å². The van der Waals surface area contributed by atoms with E-state index >= 15 is 0 Å². The van der Waals surface area contributed by atoms with Crippen LogP contribution in [0.1, 0.15) is 12.5 Å². The minimum absolute atomic E-state index is 0.156. The molecule has 0 spiro atoms. The standard InChI is InChI=1S/C12H20N2O3S/c1-10(17-3)8-14-18(15,16)12-7-5-4-6-11(12)9-13-2/h4-7,10,13-14H,8-9H2,1-3H3. The smallest absolute Gasteiger partial charge is 0.240 e. The van der Waals surface area contributed by atoms with Gasteiger partial charge in [-0.3, -0.25) is 0 Å². The molecule has 0 aliphatic rings. The van der Waals surface area contributed by atoms with E-state index in [4.69, 9.17) is 4.74 Å². The largest absolute Gasteiger partial charge is 0.380 e. The predicted molar refractivity (Wildman–Crippen MR) is 70.9 cm³/mol. The summed E-state index contributed by atoms with van der Waals surface area (Å²) >= 11 is 0. The van der Waals surface area contributed by atoms with Crippen molar-refractivity contribution in [3.63, 3.8) is 0 Å². The molecule has 0 aliphatic carbocycles. The Balaban J connectivity index is 2.90. The van der Waals surface area contributed by atoms with Gasteiger partial charge in [-0.15, -0.1) is 0 Å². The Kier molecular flexibility index (Phi) is 5.74. The van der Waals surface area contributed by atoms with Crippen LogP contribution >= 0.6 is 0 Å². The maximum atomic E-state index is 12.2. The van der Waals surface area contributed by atoms with Crippen LogP contribution in [0.5, 0.6) is 0 Å². The number of ether oxygens (including phenoxy) is 1. The van der Waals surface area contributed by atoms with Gasteiger partial charge in [-0.1, -0.05) is 18.2 Å². The van der Waals surface area contributed by atoms with Crippen LogP contribution in [0, 0.1) is 0 Å². The second kappa shape index (κ2) is 6.84. The van der Waals surface area contributed by atoms with Crippen LogP contribution in [0.15, 0.2) is 29.2 Å². The molecule has 18 heavy (non-hydrogen) atoms. The molecular formula is C12H20N2O3S. The average molecular weight is 272 g/mol. The Labute approximate surface area is 109 Å². The molecule has 1 unspecified atom stereocenters. The SMILES string of the molecule is CNCc1ccccc1S(=O)(=O)NCC(C)OC. The van der Waals surface area contributed by atoms with Gasteiger partial charge in [0.25, 0.3) is 0 Å². The van der Waals surface area contributed by atoms with E-state index in [1.807, 2.05) is 13.0 Å². The maximum absolute atomic E-state index is 12.2. The summed E-state index contributed by atoms with van der Waals surface area (Å²) in [5, 5.41) is 2.96. The fourth-order valence-corrected chi connectivity index (χ4v) is 2.84. The highest BCUT2D eigenvalue weighted by atomic mass is 32.2. The first-order valence-corrected chi connectivity index (χ1v) is 7.24. The molecule has 0 aromatic heterocycles. The van der Waals surface area contributed by atoms with E-state index in [2.05, 4.69) is 10.0 Å². The molecule has 0 fully saturated rings. The first-order valence-electron chi connectivity index (χ1n) is 5.76. The number of hydrogen-bond donors (Lipinski definition) is 2. The van der Waals surface area contributed by atoms with Gasteiger partial charge in [0.05, 0.1) is 11.0 Å². The Morgan fingerprint density at radius 1 is 1.33 bits per heavy atom. The Morgan fingerprint density at radius 3 is 2.61 bits per heavy atom. The molecular weight excluding hydrogens is 252 g/mol. The van der Waals surface area contributed by atoms with Crippen LogP contribution in [0.2, 0.25) is 0 Å². The fourth-order valence-electron chi connectivity index (χ4n) is 1.49. The lowest BCUT2D eigenvalue weighted by Crippen LogP contribution is -2.32. The highest BCUT2D eigenvalue weighted by Gasteiger charge is 2.18. The van der Waals surface area contributed by atoms with Gasteiger partial charge >= 0.3 is 0 Å². The lowest BCUT2D eigenvalue weighted by molar-refractivity contribution is 0.122. The molecule has 0 saturated carbocycles. The molecule has 5 nitrogen and oxygen atoms in total. The minimum atomic E-state index is -3.49. The first kappa shape index (κ1) is 15.1. The molecule has 2 N–H and O–H groups in total. The number of methoxy groups -OCH3 is 1. The third-order valence-corrected chi connectivity index (χ3v) is 4.12. The van der Waals surface area contributed by atoms with E-state index in [0.717, 1.165) is 5.56 Å². The minimum Gasteiger partial charge on any atom is -0.380 e. The zero-order chi connectivity index (χ0) is 13.6. The van der Waals surface area contributed by atoms with E-state index in [1.165, 1.54) is 0 Å². The number of rotatable bonds is 7. The number of nitrogens with one attached hydrogen (secondary N) is 2. The van der Waals surface area contributed by atoms with Gasteiger partial charge in [-0.2, -0.15) is 0 Å². The second-order valence-corrected chi connectivity index (χ2v) is 5.77. The van der Waals surface area contributed by atoms with Crippen LogP contribution in [0.25, 0.3) is 0 Å². The average Bonchev–Trinajstić information content (AvgIpc) is 2.37. The van der Waals surface area contributed by atoms with Crippen molar-refractivity contribution in [3.05, 3.63) is 29.8 Å². The summed E-state index contributed by atoms with van der Waals surface area (Å²) in [7, 11) is -0.157. The molecule has 0 saturated heterocycles. The van der Waals surface area contributed by atoms with E-state index in [9.17, 15) is 8.42 Å². The number of benzene rings is 1. The summed E-state index contributed by atoms with van der Waals surface area (Å²) in [5.74, 6) is 0. The number of sulfonamides is 1. The van der Waals surface area contributed by atoms with Crippen LogP contribution in [0.4, 0.5) is 0 Å². The van der Waals surface area contributed by atoms with Crippen molar-refractivity contribution in [3.8, 4) is 0 Å². The quantitative estimate of drug-likeness (QED) is 0.767. The fraction of sp³-hybridized carbons (Fsp3) is 0.500. The molecule has 0 amide bonds. The van der Waals surface area contributed by atoms with Gasteiger partial charge in [-0.25, -0.2) is 13.1 Å². The zero-order valence-electron chi connectivity index (χ0n) is 10.9. The van der Waals surface area contributed by atoms with Crippen molar-refractivity contribution in [2.75, 3.05) is 20.7 Å². The molecule has 0 radical (unpaired) electrons. The topological polar surface area (TPSA) is 67.4 Å². The van der Waals surface area contributed by atoms with E-state index in [1.54, 1.807) is 32.4 Å². The van der Waals surface area contributed by atoms with Crippen molar-refractivity contribution in [1.82, 2.24) is 10.0 Å². The van der Waals surface area contributed by atoms with Crippen LogP contribution in [-0.4, -0.2) is 35.2 Å². The maximum Gasteiger partial charge on any atom is 0.240 e. The van der Waals surface area contributed by atoms with Crippen molar-refractivity contribution >= 4 is 10.0 Å². The second-order valence-electron chi connectivity index (χ2n) is 4.04. The lowest BCUT2D eigenvalue weighted by Gasteiger charge is -2.13. The Hall–Kier alpha value is -0.950. The van der Waals surface area contributed by atoms with Gasteiger partial charge < -0.3 is 10.1 Å². The first-order chi connectivity index (χ1) is 8.51. The summed E-state index contributed by atoms with van der Waals surface area (Å²) in [6, 6.07) is 6.94. The lowest BCUT2D eigenvalue weighted by atomic mass is 10.2. The Morgan fingerprint density at radius 2 is 2.00 bits per heavy atom. The van der Waals surface area contributed by atoms with E-state index in [-0.39, 0.29) is 12.6 Å². The normalized spacial score (nSPS) is 13.5. The highest BCUT2D eigenvalue weighted by molar-refractivity contribution is 7.89. The third-order valence-electron chi connectivity index (χ3n) is 2.59. The van der Waals surface area contributed by atoms with Crippen LogP contribution in [-0.2, 0) is 21.3 Å². The van der Waals surface area contributed by atoms with Crippen LogP contribution in [0.3, 0.4) is 0 Å². The van der Waals surface area contributed by atoms with Crippen molar-refractivity contribution in [1.29, 1.82) is 0 Å². The summed E-state index contributed by atoms with van der Waals surface area (Å²) in [4.78, 5) is 0.308. The van der Waals surface area contributed by atoms with Crippen molar-refractivity contribution < 1.29 is 13.2 Å². The molecule has 1 aromatic carbocycles. The molecule has 0 heterocycles. The van der Waals surface area contributed by atoms with Gasteiger partial charge in [0, 0.05) is 20.2 Å². The van der Waals surface area contributed by atoms with Crippen molar-refractivity contribution in [2.45, 2.75) is 24.5 Å². The molecule has 1 rings (SSSR count).